The maximum Gasteiger partial charge on any atom is 0.410 e. The van der Waals surface area contributed by atoms with E-state index in [9.17, 15) is 28.3 Å². The molecule has 8 nitrogen and oxygen atoms in total. The lowest BCUT2D eigenvalue weighted by atomic mass is 9.82. The summed E-state index contributed by atoms with van der Waals surface area (Å²) in [7, 11) is 0. The number of benzene rings is 2. The van der Waals surface area contributed by atoms with Crippen LogP contribution in [0.4, 0.5) is 18.4 Å². The molecule has 5 rings (SSSR count). The van der Waals surface area contributed by atoms with Crippen molar-refractivity contribution in [2.75, 3.05) is 26.2 Å². The summed E-state index contributed by atoms with van der Waals surface area (Å²) >= 11 is 0. The molecule has 1 saturated heterocycles. The number of fused-ring (bicyclic) bond motifs is 3. The summed E-state index contributed by atoms with van der Waals surface area (Å²) in [5.74, 6) is -5.94. The van der Waals surface area contributed by atoms with Crippen molar-refractivity contribution in [2.24, 2.45) is 5.92 Å². The summed E-state index contributed by atoms with van der Waals surface area (Å²) in [6, 6.07) is 15.6. The molecule has 1 unspecified atom stereocenters. The zero-order valence-corrected chi connectivity index (χ0v) is 23.6. The number of hydrogen-bond donors (Lipinski definition) is 1. The van der Waals surface area contributed by atoms with Gasteiger partial charge < -0.3 is 19.5 Å². The van der Waals surface area contributed by atoms with Gasteiger partial charge in [-0.2, -0.15) is 0 Å². The fourth-order valence-corrected chi connectivity index (χ4v) is 6.17. The first-order valence-corrected chi connectivity index (χ1v) is 14.0. The molecule has 1 N–H and O–H groups in total. The molecule has 0 radical (unpaired) electrons. The van der Waals surface area contributed by atoms with Crippen LogP contribution in [0.3, 0.4) is 0 Å². The van der Waals surface area contributed by atoms with Gasteiger partial charge in [0.1, 0.15) is 12.2 Å². The Labute approximate surface area is 238 Å². The van der Waals surface area contributed by atoms with Gasteiger partial charge in [-0.25, -0.2) is 23.2 Å². The van der Waals surface area contributed by atoms with Crippen LogP contribution in [0.1, 0.15) is 63.5 Å². The van der Waals surface area contributed by atoms with Gasteiger partial charge in [0.15, 0.2) is 5.54 Å². The van der Waals surface area contributed by atoms with Gasteiger partial charge in [-0.05, 0) is 55.9 Å². The molecule has 1 atom stereocenters. The number of likely N-dealkylation sites (tertiary alicyclic amines) is 1. The molecule has 1 saturated carbocycles. The molecule has 2 aliphatic carbocycles. The van der Waals surface area contributed by atoms with Gasteiger partial charge in [0.2, 0.25) is 0 Å². The third-order valence-corrected chi connectivity index (χ3v) is 8.34. The molecule has 10 heteroatoms. The van der Waals surface area contributed by atoms with Crippen molar-refractivity contribution in [2.45, 2.75) is 69.4 Å². The van der Waals surface area contributed by atoms with Crippen LogP contribution >= 0.6 is 0 Å². The predicted molar refractivity (Wildman–Crippen MR) is 147 cm³/mol. The molecule has 41 heavy (non-hydrogen) atoms. The molecular formula is C31H36F2N2O6. The lowest BCUT2D eigenvalue weighted by Gasteiger charge is -2.52. The van der Waals surface area contributed by atoms with E-state index >= 15 is 0 Å². The highest BCUT2D eigenvalue weighted by molar-refractivity contribution is 5.89. The van der Waals surface area contributed by atoms with Crippen LogP contribution in [-0.4, -0.2) is 76.4 Å². The molecule has 0 spiro atoms. The van der Waals surface area contributed by atoms with Gasteiger partial charge >= 0.3 is 18.2 Å². The Hall–Kier alpha value is -3.69. The van der Waals surface area contributed by atoms with Crippen molar-refractivity contribution < 1.29 is 37.7 Å². The van der Waals surface area contributed by atoms with Crippen molar-refractivity contribution in [1.29, 1.82) is 0 Å². The molecule has 3 aliphatic rings. The standard InChI is InChI=1S/C31H36F2N2O6/c1-29(2,3)41-27(38)34-18-30(19-34,26(36)37)35(16-20-10-8-9-15-31(20,32)33)28(39)40-17-25-23-13-6-4-11-21(23)22-12-5-7-14-24(22)25/h4-7,11-14,20,25H,8-10,15-19H2,1-3H3,(H,36,37). The average Bonchev–Trinajstić information content (AvgIpc) is 3.19. The number of amides is 2. The Morgan fingerprint density at radius 2 is 1.59 bits per heavy atom. The fourth-order valence-electron chi connectivity index (χ4n) is 6.17. The Morgan fingerprint density at radius 3 is 2.12 bits per heavy atom. The van der Waals surface area contributed by atoms with Crippen LogP contribution in [0.2, 0.25) is 0 Å². The number of halogens is 2. The van der Waals surface area contributed by atoms with E-state index in [4.69, 9.17) is 9.47 Å². The molecule has 1 aliphatic heterocycles. The lowest BCUT2D eigenvalue weighted by molar-refractivity contribution is -0.167. The predicted octanol–water partition coefficient (Wildman–Crippen LogP) is 6.14. The molecular weight excluding hydrogens is 534 g/mol. The minimum absolute atomic E-state index is 0.0874. The number of alkyl halides is 2. The van der Waals surface area contributed by atoms with E-state index in [1.165, 1.54) is 4.90 Å². The normalized spacial score (nSPS) is 20.8. The lowest BCUT2D eigenvalue weighted by Crippen LogP contribution is -2.76. The first kappa shape index (κ1) is 28.8. The largest absolute Gasteiger partial charge is 0.479 e. The number of hydrogen-bond acceptors (Lipinski definition) is 5. The van der Waals surface area contributed by atoms with E-state index < -0.39 is 47.7 Å². The first-order chi connectivity index (χ1) is 19.3. The zero-order valence-electron chi connectivity index (χ0n) is 23.6. The number of carboxylic acids is 1. The summed E-state index contributed by atoms with van der Waals surface area (Å²) in [5, 5.41) is 10.3. The second kappa shape index (κ2) is 10.6. The van der Waals surface area contributed by atoms with Crippen LogP contribution in [0.25, 0.3) is 11.1 Å². The van der Waals surface area contributed by atoms with Crippen LogP contribution in [-0.2, 0) is 14.3 Å². The molecule has 0 aromatic heterocycles. The minimum atomic E-state index is -3.05. The molecule has 1 heterocycles. The smallest absolute Gasteiger partial charge is 0.410 e. The first-order valence-electron chi connectivity index (χ1n) is 14.0. The number of carbonyl (C=O) groups is 3. The van der Waals surface area contributed by atoms with E-state index in [0.29, 0.717) is 12.8 Å². The molecule has 2 aromatic rings. The third kappa shape index (κ3) is 5.48. The third-order valence-electron chi connectivity index (χ3n) is 8.34. The molecule has 2 aromatic carbocycles. The van der Waals surface area contributed by atoms with Crippen LogP contribution in [0, 0.1) is 5.92 Å². The van der Waals surface area contributed by atoms with Crippen molar-refractivity contribution in [1.82, 2.24) is 9.80 Å². The Kier molecular flexibility index (Phi) is 7.46. The number of aliphatic carboxylic acids is 1. The maximum atomic E-state index is 14.9. The van der Waals surface area contributed by atoms with E-state index in [2.05, 4.69) is 0 Å². The summed E-state index contributed by atoms with van der Waals surface area (Å²) in [4.78, 5) is 41.1. The quantitative estimate of drug-likeness (QED) is 0.449. The van der Waals surface area contributed by atoms with Crippen molar-refractivity contribution >= 4 is 18.2 Å². The van der Waals surface area contributed by atoms with Gasteiger partial charge in [0, 0.05) is 24.8 Å². The minimum Gasteiger partial charge on any atom is -0.479 e. The Balaban J connectivity index is 1.40. The topological polar surface area (TPSA) is 96.4 Å². The van der Waals surface area contributed by atoms with Gasteiger partial charge in [0.25, 0.3) is 5.92 Å². The van der Waals surface area contributed by atoms with Gasteiger partial charge in [-0.15, -0.1) is 0 Å². The summed E-state index contributed by atoms with van der Waals surface area (Å²) in [6.45, 7) is 3.70. The summed E-state index contributed by atoms with van der Waals surface area (Å²) in [5.41, 5.74) is 1.27. The van der Waals surface area contributed by atoms with Crippen LogP contribution in [0.15, 0.2) is 48.5 Å². The zero-order chi connectivity index (χ0) is 29.6. The number of carbonyl (C=O) groups excluding carboxylic acids is 2. The van der Waals surface area contributed by atoms with Gasteiger partial charge in [-0.3, -0.25) is 4.90 Å². The van der Waals surface area contributed by atoms with E-state index in [1.54, 1.807) is 20.8 Å². The molecule has 0 bridgehead atoms. The number of ether oxygens (including phenoxy) is 2. The van der Waals surface area contributed by atoms with E-state index in [1.807, 2.05) is 48.5 Å². The van der Waals surface area contributed by atoms with Crippen molar-refractivity contribution in [3.05, 3.63) is 59.7 Å². The number of carboxylic acid groups (broad SMARTS) is 1. The van der Waals surface area contributed by atoms with E-state index in [0.717, 1.165) is 27.2 Å². The van der Waals surface area contributed by atoms with E-state index in [-0.39, 0.29) is 38.5 Å². The molecule has 2 amide bonds. The molecule has 220 valence electrons. The summed E-state index contributed by atoms with van der Waals surface area (Å²) < 4.78 is 41.0. The van der Waals surface area contributed by atoms with Crippen LogP contribution in [0.5, 0.6) is 0 Å². The molecule has 2 fully saturated rings. The van der Waals surface area contributed by atoms with Crippen molar-refractivity contribution in [3.63, 3.8) is 0 Å². The highest BCUT2D eigenvalue weighted by Gasteiger charge is 2.60. The van der Waals surface area contributed by atoms with Crippen molar-refractivity contribution in [3.8, 4) is 11.1 Å². The highest BCUT2D eigenvalue weighted by Crippen LogP contribution is 2.45. The Bertz CT molecular complexity index is 1290. The second-order valence-corrected chi connectivity index (χ2v) is 12.3. The number of rotatable bonds is 6. The SMILES string of the molecule is CC(C)(C)OC(=O)N1CC(C(=O)O)(N(CC2CCCCC2(F)F)C(=O)OCC2c3ccccc3-c3ccccc32)C1. The van der Waals surface area contributed by atoms with Gasteiger partial charge in [0.05, 0.1) is 13.1 Å². The monoisotopic (exact) mass is 570 g/mol. The fraction of sp³-hybridized carbons (Fsp3) is 0.516. The summed E-state index contributed by atoms with van der Waals surface area (Å²) in [6.07, 6.45) is -0.955. The maximum absolute atomic E-state index is 14.9. The van der Waals surface area contributed by atoms with Crippen LogP contribution < -0.4 is 0 Å². The highest BCUT2D eigenvalue weighted by atomic mass is 19.3. The Morgan fingerprint density at radius 1 is 1.00 bits per heavy atom. The average molecular weight is 571 g/mol. The second-order valence-electron chi connectivity index (χ2n) is 12.3. The van der Waals surface area contributed by atoms with Gasteiger partial charge in [-0.1, -0.05) is 55.0 Å². The number of nitrogens with zero attached hydrogens (tertiary/aromatic N) is 2.